The SMILES string of the molecule is O=C(Nc1ccc(Cl)c(-c2cncc(F)c2)c1)N1C2CC(OC(F)F)CC1C2. The average Bonchev–Trinajstić information content (AvgIpc) is 2.62. The molecule has 1 aromatic heterocycles. The van der Waals surface area contributed by atoms with E-state index in [1.54, 1.807) is 23.1 Å². The Morgan fingerprint density at radius 1 is 1.21 bits per heavy atom. The van der Waals surface area contributed by atoms with Crippen molar-refractivity contribution < 1.29 is 22.7 Å². The Labute approximate surface area is 164 Å². The molecule has 2 aromatic rings. The first-order valence-electron chi connectivity index (χ1n) is 8.84. The molecule has 2 aliphatic heterocycles. The van der Waals surface area contributed by atoms with Crippen LogP contribution in [0.3, 0.4) is 0 Å². The summed E-state index contributed by atoms with van der Waals surface area (Å²) in [6.45, 7) is -2.80. The van der Waals surface area contributed by atoms with Crippen LogP contribution in [-0.2, 0) is 4.74 Å². The molecule has 28 heavy (non-hydrogen) atoms. The number of rotatable bonds is 4. The maximum Gasteiger partial charge on any atom is 0.345 e. The maximum atomic E-state index is 13.5. The Morgan fingerprint density at radius 2 is 1.96 bits per heavy atom. The van der Waals surface area contributed by atoms with Gasteiger partial charge in [-0.3, -0.25) is 4.98 Å². The lowest BCUT2D eigenvalue weighted by atomic mass is 9.78. The van der Waals surface area contributed by atoms with Crippen molar-refractivity contribution in [3.63, 3.8) is 0 Å². The van der Waals surface area contributed by atoms with Gasteiger partial charge in [-0.15, -0.1) is 0 Å². The predicted molar refractivity (Wildman–Crippen MR) is 97.8 cm³/mol. The molecule has 2 aliphatic rings. The molecule has 4 rings (SSSR count). The van der Waals surface area contributed by atoms with Crippen LogP contribution in [0.4, 0.5) is 23.7 Å². The lowest BCUT2D eigenvalue weighted by Crippen LogP contribution is -2.65. The van der Waals surface area contributed by atoms with Crippen molar-refractivity contribution in [2.75, 3.05) is 5.32 Å². The Kier molecular flexibility index (Phi) is 5.16. The highest BCUT2D eigenvalue weighted by Crippen LogP contribution is 2.40. The number of benzene rings is 1. The lowest BCUT2D eigenvalue weighted by molar-refractivity contribution is -0.193. The number of halogens is 4. The highest BCUT2D eigenvalue weighted by atomic mass is 35.5. The first kappa shape index (κ1) is 19.0. The van der Waals surface area contributed by atoms with E-state index >= 15 is 0 Å². The van der Waals surface area contributed by atoms with E-state index < -0.39 is 18.5 Å². The molecule has 3 heterocycles. The standard InChI is InChI=1S/C19H17ClF3N3O2/c20-17-2-1-12(4-16(17)10-3-11(21)9-24-8-10)25-19(27)26-13-5-14(26)7-15(6-13)28-18(22)23/h1-4,8-9,13-15,18H,5-7H2,(H,25,27). The smallest absolute Gasteiger partial charge is 0.319 e. The van der Waals surface area contributed by atoms with Crippen molar-refractivity contribution in [1.29, 1.82) is 0 Å². The van der Waals surface area contributed by atoms with Crippen molar-refractivity contribution in [3.05, 3.63) is 47.5 Å². The molecule has 5 nitrogen and oxygen atoms in total. The summed E-state index contributed by atoms with van der Waals surface area (Å²) < 4.78 is 42.8. The van der Waals surface area contributed by atoms with E-state index in [2.05, 4.69) is 15.0 Å². The topological polar surface area (TPSA) is 54.5 Å². The number of nitrogens with one attached hydrogen (secondary N) is 1. The molecule has 0 spiro atoms. The first-order chi connectivity index (χ1) is 13.4. The molecule has 1 N–H and O–H groups in total. The second kappa shape index (κ2) is 7.60. The monoisotopic (exact) mass is 411 g/mol. The van der Waals surface area contributed by atoms with Crippen molar-refractivity contribution in [2.45, 2.75) is 44.1 Å². The van der Waals surface area contributed by atoms with Crippen LogP contribution in [0.5, 0.6) is 0 Å². The molecule has 0 aliphatic carbocycles. The summed E-state index contributed by atoms with van der Waals surface area (Å²) in [6, 6.07) is 5.69. The zero-order valence-corrected chi connectivity index (χ0v) is 15.4. The number of hydrogen-bond acceptors (Lipinski definition) is 3. The summed E-state index contributed by atoms with van der Waals surface area (Å²) in [7, 11) is 0. The summed E-state index contributed by atoms with van der Waals surface area (Å²) in [5.41, 5.74) is 1.54. The van der Waals surface area contributed by atoms with E-state index in [1.165, 1.54) is 12.3 Å². The molecular weight excluding hydrogens is 395 g/mol. The second-order valence-electron chi connectivity index (χ2n) is 6.96. The van der Waals surface area contributed by atoms with E-state index in [-0.39, 0.29) is 18.1 Å². The van der Waals surface area contributed by atoms with Gasteiger partial charge in [-0.2, -0.15) is 8.78 Å². The van der Waals surface area contributed by atoms with Crippen LogP contribution in [0, 0.1) is 5.82 Å². The van der Waals surface area contributed by atoms with Crippen LogP contribution >= 0.6 is 11.6 Å². The van der Waals surface area contributed by atoms with Crippen LogP contribution < -0.4 is 5.32 Å². The number of fused-ring (bicyclic) bond motifs is 2. The molecule has 2 atom stereocenters. The normalized spacial score (nSPS) is 23.5. The summed E-state index contributed by atoms with van der Waals surface area (Å²) >= 11 is 6.21. The van der Waals surface area contributed by atoms with E-state index in [4.69, 9.17) is 11.6 Å². The fraction of sp³-hybridized carbons (Fsp3) is 0.368. The largest absolute Gasteiger partial charge is 0.345 e. The Balaban J connectivity index is 1.45. The van der Waals surface area contributed by atoms with Crippen LogP contribution in [0.25, 0.3) is 11.1 Å². The number of amides is 2. The number of piperidine rings is 1. The van der Waals surface area contributed by atoms with Gasteiger partial charge in [-0.1, -0.05) is 11.6 Å². The third-order valence-corrected chi connectivity index (χ3v) is 5.49. The molecule has 2 fully saturated rings. The highest BCUT2D eigenvalue weighted by Gasteiger charge is 2.48. The molecule has 2 saturated heterocycles. The Bertz CT molecular complexity index is 886. The molecule has 9 heteroatoms. The number of pyridine rings is 1. The Hall–Kier alpha value is -2.32. The first-order valence-corrected chi connectivity index (χ1v) is 9.22. The van der Waals surface area contributed by atoms with Crippen molar-refractivity contribution in [3.8, 4) is 11.1 Å². The number of anilines is 1. The molecular formula is C19H17ClF3N3O2. The third-order valence-electron chi connectivity index (χ3n) is 5.16. The number of hydrogen-bond donors (Lipinski definition) is 1. The zero-order valence-electron chi connectivity index (χ0n) is 14.6. The van der Waals surface area contributed by atoms with E-state index in [1.807, 2.05) is 0 Å². The van der Waals surface area contributed by atoms with E-state index in [0.717, 1.165) is 12.6 Å². The number of ether oxygens (including phenoxy) is 1. The zero-order chi connectivity index (χ0) is 19.8. The molecule has 1 aromatic carbocycles. The molecule has 0 radical (unpaired) electrons. The van der Waals surface area contributed by atoms with Gasteiger partial charge in [0.1, 0.15) is 5.82 Å². The van der Waals surface area contributed by atoms with Crippen molar-refractivity contribution in [2.24, 2.45) is 0 Å². The number of alkyl halides is 2. The minimum Gasteiger partial charge on any atom is -0.319 e. The minimum atomic E-state index is -2.80. The highest BCUT2D eigenvalue weighted by molar-refractivity contribution is 6.33. The van der Waals surface area contributed by atoms with Gasteiger partial charge in [-0.25, -0.2) is 9.18 Å². The lowest BCUT2D eigenvalue weighted by Gasteiger charge is -2.54. The van der Waals surface area contributed by atoms with E-state index in [9.17, 15) is 18.0 Å². The predicted octanol–water partition coefficient (Wildman–Crippen LogP) is 4.92. The van der Waals surface area contributed by atoms with Crippen LogP contribution in [0.15, 0.2) is 36.7 Å². The summed E-state index contributed by atoms with van der Waals surface area (Å²) in [6.07, 6.45) is 3.65. The molecule has 2 bridgehead atoms. The third kappa shape index (κ3) is 3.79. The van der Waals surface area contributed by atoms with Crippen LogP contribution in [0.2, 0.25) is 5.02 Å². The molecule has 148 valence electrons. The maximum absolute atomic E-state index is 13.5. The molecule has 2 amide bonds. The van der Waals surface area contributed by atoms with Gasteiger partial charge in [-0.05, 0) is 43.5 Å². The van der Waals surface area contributed by atoms with Gasteiger partial charge in [0.25, 0.3) is 0 Å². The number of aromatic nitrogens is 1. The molecule has 2 unspecified atom stereocenters. The van der Waals surface area contributed by atoms with Crippen molar-refractivity contribution in [1.82, 2.24) is 9.88 Å². The number of carbonyl (C=O) groups excluding carboxylic acids is 1. The quantitative estimate of drug-likeness (QED) is 0.777. The Morgan fingerprint density at radius 3 is 2.64 bits per heavy atom. The minimum absolute atomic E-state index is 0.110. The summed E-state index contributed by atoms with van der Waals surface area (Å²) in [5.74, 6) is -0.489. The van der Waals surface area contributed by atoms with Crippen LogP contribution in [-0.4, -0.2) is 40.7 Å². The van der Waals surface area contributed by atoms with Crippen LogP contribution in [0.1, 0.15) is 19.3 Å². The summed E-state index contributed by atoms with van der Waals surface area (Å²) in [5, 5.41) is 3.21. The summed E-state index contributed by atoms with van der Waals surface area (Å²) in [4.78, 5) is 18.1. The fourth-order valence-corrected chi connectivity index (χ4v) is 4.21. The van der Waals surface area contributed by atoms with Gasteiger partial charge in [0.2, 0.25) is 0 Å². The van der Waals surface area contributed by atoms with Gasteiger partial charge in [0, 0.05) is 40.1 Å². The van der Waals surface area contributed by atoms with Crippen molar-refractivity contribution >= 4 is 23.3 Å². The van der Waals surface area contributed by atoms with Gasteiger partial charge in [0.05, 0.1) is 12.3 Å². The van der Waals surface area contributed by atoms with Gasteiger partial charge < -0.3 is 15.0 Å². The fourth-order valence-electron chi connectivity index (χ4n) is 3.98. The van der Waals surface area contributed by atoms with Gasteiger partial charge in [0.15, 0.2) is 0 Å². The number of urea groups is 1. The second-order valence-corrected chi connectivity index (χ2v) is 7.36. The molecule has 0 saturated carbocycles. The van der Waals surface area contributed by atoms with E-state index in [0.29, 0.717) is 34.7 Å². The van der Waals surface area contributed by atoms with Gasteiger partial charge >= 0.3 is 12.6 Å². The average molecular weight is 412 g/mol. The number of carbonyl (C=O) groups is 1. The number of nitrogens with zero attached hydrogens (tertiary/aromatic N) is 2.